The van der Waals surface area contributed by atoms with Gasteiger partial charge >= 0.3 is 5.97 Å². The molecule has 1 N–H and O–H groups in total. The lowest BCUT2D eigenvalue weighted by molar-refractivity contribution is -0.384. The van der Waals surface area contributed by atoms with Crippen LogP contribution in [0.3, 0.4) is 0 Å². The molecule has 1 atom stereocenters. The van der Waals surface area contributed by atoms with Crippen molar-refractivity contribution in [3.63, 3.8) is 0 Å². The molecule has 1 aliphatic carbocycles. The number of non-ortho nitro benzene ring substituents is 1. The van der Waals surface area contributed by atoms with Crippen LogP contribution in [0.15, 0.2) is 42.0 Å². The summed E-state index contributed by atoms with van der Waals surface area (Å²) in [4.78, 5) is 33.9. The summed E-state index contributed by atoms with van der Waals surface area (Å²) in [5.74, 6) is -0.977. The maximum atomic E-state index is 12.0. The molecule has 0 unspecified atom stereocenters. The lowest BCUT2D eigenvalue weighted by Gasteiger charge is -2.15. The molecule has 7 nitrogen and oxygen atoms in total. The molecule has 7 heteroatoms. The summed E-state index contributed by atoms with van der Waals surface area (Å²) in [5, 5.41) is 13.4. The third-order valence-corrected chi connectivity index (χ3v) is 4.31. The van der Waals surface area contributed by atoms with E-state index in [-0.39, 0.29) is 11.6 Å². The standard InChI is InChI=1S/C20H24N2O5/c1-15(20(24)21-14-13-16-5-3-2-4-6-16)27-19(23)12-9-17-7-10-18(11-8-17)22(25)26/h5,7-12,15H,2-4,6,13-14H2,1H3,(H,21,24)/b12-9+/t15-/m0/s1. The Morgan fingerprint density at radius 3 is 2.67 bits per heavy atom. The van der Waals surface area contributed by atoms with E-state index in [1.165, 1.54) is 61.8 Å². The predicted molar refractivity (Wildman–Crippen MR) is 102 cm³/mol. The van der Waals surface area contributed by atoms with Gasteiger partial charge in [-0.1, -0.05) is 11.6 Å². The van der Waals surface area contributed by atoms with Crippen LogP contribution < -0.4 is 5.32 Å². The van der Waals surface area contributed by atoms with E-state index in [0.717, 1.165) is 19.3 Å². The molecular formula is C20H24N2O5. The minimum Gasteiger partial charge on any atom is -0.449 e. The van der Waals surface area contributed by atoms with Crippen LogP contribution in [0.4, 0.5) is 5.69 Å². The number of hydrogen-bond donors (Lipinski definition) is 1. The van der Waals surface area contributed by atoms with E-state index in [0.29, 0.717) is 12.1 Å². The number of carbonyl (C=O) groups is 2. The summed E-state index contributed by atoms with van der Waals surface area (Å²) in [6.45, 7) is 2.05. The molecule has 27 heavy (non-hydrogen) atoms. The zero-order chi connectivity index (χ0) is 19.6. The van der Waals surface area contributed by atoms with Crippen molar-refractivity contribution in [3.05, 3.63) is 57.7 Å². The second kappa shape index (κ2) is 10.3. The average molecular weight is 372 g/mol. The zero-order valence-electron chi connectivity index (χ0n) is 15.3. The molecule has 0 saturated heterocycles. The Bertz CT molecular complexity index is 737. The number of hydrogen-bond acceptors (Lipinski definition) is 5. The van der Waals surface area contributed by atoms with Crippen molar-refractivity contribution in [1.29, 1.82) is 0 Å². The first-order chi connectivity index (χ1) is 13.0. The third-order valence-electron chi connectivity index (χ3n) is 4.31. The smallest absolute Gasteiger partial charge is 0.331 e. The van der Waals surface area contributed by atoms with Gasteiger partial charge in [0, 0.05) is 24.8 Å². The summed E-state index contributed by atoms with van der Waals surface area (Å²) < 4.78 is 5.08. The van der Waals surface area contributed by atoms with E-state index in [1.54, 1.807) is 0 Å². The molecule has 0 aliphatic heterocycles. The minimum atomic E-state index is -0.889. The van der Waals surface area contributed by atoms with Gasteiger partial charge in [-0.3, -0.25) is 14.9 Å². The Hall–Kier alpha value is -2.96. The Morgan fingerprint density at radius 1 is 1.30 bits per heavy atom. The number of ether oxygens (including phenoxy) is 1. The molecule has 0 spiro atoms. The van der Waals surface area contributed by atoms with Crippen molar-refractivity contribution in [2.24, 2.45) is 0 Å². The van der Waals surface area contributed by atoms with Crippen LogP contribution >= 0.6 is 0 Å². The number of amides is 1. The first-order valence-electron chi connectivity index (χ1n) is 9.04. The molecule has 0 bridgehead atoms. The second-order valence-corrected chi connectivity index (χ2v) is 6.41. The van der Waals surface area contributed by atoms with Gasteiger partial charge in [0.2, 0.25) is 0 Å². The first kappa shape index (κ1) is 20.4. The molecule has 1 aromatic carbocycles. The molecule has 1 aliphatic rings. The van der Waals surface area contributed by atoms with Gasteiger partial charge in [-0.2, -0.15) is 0 Å². The minimum absolute atomic E-state index is 0.0241. The lowest BCUT2D eigenvalue weighted by Crippen LogP contribution is -2.36. The summed E-state index contributed by atoms with van der Waals surface area (Å²) in [7, 11) is 0. The molecule has 0 heterocycles. The van der Waals surface area contributed by atoms with Crippen LogP contribution in [0.2, 0.25) is 0 Å². The Kier molecular flexibility index (Phi) is 7.73. The summed E-state index contributed by atoms with van der Waals surface area (Å²) in [6.07, 6.45) is 9.48. The molecule has 0 aromatic heterocycles. The van der Waals surface area contributed by atoms with Gasteiger partial charge in [0.15, 0.2) is 6.10 Å². The van der Waals surface area contributed by atoms with Crippen molar-refractivity contribution < 1.29 is 19.2 Å². The van der Waals surface area contributed by atoms with Crippen LogP contribution in [0.1, 0.15) is 44.6 Å². The van der Waals surface area contributed by atoms with E-state index in [9.17, 15) is 19.7 Å². The van der Waals surface area contributed by atoms with Crippen molar-refractivity contribution in [1.82, 2.24) is 5.32 Å². The summed E-state index contributed by atoms with van der Waals surface area (Å²) >= 11 is 0. The van der Waals surface area contributed by atoms with E-state index in [1.807, 2.05) is 0 Å². The van der Waals surface area contributed by atoms with E-state index in [4.69, 9.17) is 4.74 Å². The normalized spacial score (nSPS) is 15.1. The highest BCUT2D eigenvalue weighted by atomic mass is 16.6. The van der Waals surface area contributed by atoms with Gasteiger partial charge in [0.05, 0.1) is 4.92 Å². The highest BCUT2D eigenvalue weighted by Gasteiger charge is 2.16. The highest BCUT2D eigenvalue weighted by Crippen LogP contribution is 2.19. The van der Waals surface area contributed by atoms with Gasteiger partial charge in [-0.05, 0) is 62.8 Å². The van der Waals surface area contributed by atoms with Crippen LogP contribution in [0, 0.1) is 10.1 Å². The average Bonchev–Trinajstić information content (AvgIpc) is 2.67. The molecule has 0 saturated carbocycles. The number of nitrogens with one attached hydrogen (secondary N) is 1. The quantitative estimate of drug-likeness (QED) is 0.247. The number of nitrogens with zero attached hydrogens (tertiary/aromatic N) is 1. The maximum absolute atomic E-state index is 12.0. The first-order valence-corrected chi connectivity index (χ1v) is 9.04. The Balaban J connectivity index is 1.74. The Labute approximate surface area is 158 Å². The topological polar surface area (TPSA) is 98.5 Å². The highest BCUT2D eigenvalue weighted by molar-refractivity contribution is 5.90. The molecule has 1 aromatic rings. The second-order valence-electron chi connectivity index (χ2n) is 6.41. The number of benzene rings is 1. The fourth-order valence-electron chi connectivity index (χ4n) is 2.76. The number of allylic oxidation sites excluding steroid dienone is 1. The summed E-state index contributed by atoms with van der Waals surface area (Å²) in [6, 6.07) is 5.75. The van der Waals surface area contributed by atoms with Crippen molar-refractivity contribution in [3.8, 4) is 0 Å². The van der Waals surface area contributed by atoms with Gasteiger partial charge in [-0.25, -0.2) is 4.79 Å². The molecular weight excluding hydrogens is 348 g/mol. The largest absolute Gasteiger partial charge is 0.449 e. The molecule has 0 fully saturated rings. The maximum Gasteiger partial charge on any atom is 0.331 e. The monoisotopic (exact) mass is 372 g/mol. The lowest BCUT2D eigenvalue weighted by atomic mass is 9.97. The molecule has 144 valence electrons. The van der Waals surface area contributed by atoms with E-state index < -0.39 is 17.0 Å². The number of nitro benzene ring substituents is 1. The molecule has 0 radical (unpaired) electrons. The molecule has 1 amide bonds. The van der Waals surface area contributed by atoms with Crippen molar-refractivity contribution in [2.75, 3.05) is 6.54 Å². The number of esters is 1. The third kappa shape index (κ3) is 7.05. The van der Waals surface area contributed by atoms with E-state index in [2.05, 4.69) is 11.4 Å². The van der Waals surface area contributed by atoms with Crippen LogP contribution in [-0.4, -0.2) is 29.4 Å². The van der Waals surface area contributed by atoms with Crippen molar-refractivity contribution >= 4 is 23.6 Å². The zero-order valence-corrected chi connectivity index (χ0v) is 15.3. The fraction of sp³-hybridized carbons (Fsp3) is 0.400. The van der Waals surface area contributed by atoms with Crippen molar-refractivity contribution in [2.45, 2.75) is 45.1 Å². The Morgan fingerprint density at radius 2 is 2.04 bits per heavy atom. The van der Waals surface area contributed by atoms with Gasteiger partial charge < -0.3 is 10.1 Å². The fourth-order valence-corrected chi connectivity index (χ4v) is 2.76. The van der Waals surface area contributed by atoms with Crippen LogP contribution in [0.25, 0.3) is 6.08 Å². The SMILES string of the molecule is C[C@H](OC(=O)/C=C/c1ccc([N+](=O)[O-])cc1)C(=O)NCCC1=CCCCC1. The van der Waals surface area contributed by atoms with Gasteiger partial charge in [-0.15, -0.1) is 0 Å². The predicted octanol–water partition coefficient (Wildman–Crippen LogP) is 3.55. The number of rotatable bonds is 8. The summed E-state index contributed by atoms with van der Waals surface area (Å²) in [5.41, 5.74) is 1.97. The number of nitro groups is 1. The van der Waals surface area contributed by atoms with E-state index >= 15 is 0 Å². The van der Waals surface area contributed by atoms with Gasteiger partial charge in [0.1, 0.15) is 0 Å². The number of carbonyl (C=O) groups excluding carboxylic acids is 2. The van der Waals surface area contributed by atoms with Crippen LogP contribution in [-0.2, 0) is 14.3 Å². The van der Waals surface area contributed by atoms with Crippen LogP contribution in [0.5, 0.6) is 0 Å². The van der Waals surface area contributed by atoms with Gasteiger partial charge in [0.25, 0.3) is 11.6 Å². The molecule has 2 rings (SSSR count).